The van der Waals surface area contributed by atoms with Crippen LogP contribution >= 0.6 is 11.6 Å². The number of aryl methyl sites for hydroxylation is 1. The minimum absolute atomic E-state index is 0.0243. The highest BCUT2D eigenvalue weighted by Crippen LogP contribution is 2.30. The molecule has 1 atom stereocenters. The smallest absolute Gasteiger partial charge is 0.264 e. The molecule has 0 spiro atoms. The third-order valence-corrected chi connectivity index (χ3v) is 7.59. The zero-order valence-electron chi connectivity index (χ0n) is 17.2. The summed E-state index contributed by atoms with van der Waals surface area (Å²) in [4.78, 5) is 13.0. The summed E-state index contributed by atoms with van der Waals surface area (Å²) in [6, 6.07) is 19.1. The Balaban J connectivity index is 1.64. The Morgan fingerprint density at radius 2 is 1.78 bits per heavy atom. The van der Waals surface area contributed by atoms with Gasteiger partial charge in [0, 0.05) is 0 Å². The summed E-state index contributed by atoms with van der Waals surface area (Å²) < 4.78 is 41.4. The summed E-state index contributed by atoms with van der Waals surface area (Å²) in [5.74, 6) is -1.12. The Morgan fingerprint density at radius 1 is 1.06 bits per heavy atom. The molecule has 0 radical (unpaired) electrons. The number of hydrogen-bond donors (Lipinski definition) is 1. The first-order valence-electron chi connectivity index (χ1n) is 10.3. The van der Waals surface area contributed by atoms with Crippen molar-refractivity contribution in [1.82, 2.24) is 5.32 Å². The van der Waals surface area contributed by atoms with Crippen LogP contribution in [0.5, 0.6) is 0 Å². The lowest BCUT2D eigenvalue weighted by molar-refractivity contribution is -0.120. The van der Waals surface area contributed by atoms with Gasteiger partial charge in [0.1, 0.15) is 12.4 Å². The van der Waals surface area contributed by atoms with E-state index < -0.39 is 28.3 Å². The van der Waals surface area contributed by atoms with E-state index in [1.807, 2.05) is 24.3 Å². The molecule has 0 heterocycles. The predicted molar refractivity (Wildman–Crippen MR) is 123 cm³/mol. The molecule has 0 aromatic heterocycles. The van der Waals surface area contributed by atoms with Crippen molar-refractivity contribution in [3.8, 4) is 0 Å². The number of carbonyl (C=O) groups is 1. The van der Waals surface area contributed by atoms with E-state index in [9.17, 15) is 17.6 Å². The average molecular weight is 473 g/mol. The molecule has 0 unspecified atom stereocenters. The minimum Gasteiger partial charge on any atom is -0.348 e. The normalized spacial score (nSPS) is 15.6. The summed E-state index contributed by atoms with van der Waals surface area (Å²) in [5, 5.41) is 2.75. The van der Waals surface area contributed by atoms with Crippen LogP contribution in [-0.4, -0.2) is 20.9 Å². The maximum absolute atomic E-state index is 13.7. The van der Waals surface area contributed by atoms with Gasteiger partial charge in [-0.2, -0.15) is 0 Å². The van der Waals surface area contributed by atoms with Crippen molar-refractivity contribution >= 4 is 33.2 Å². The van der Waals surface area contributed by atoms with Crippen LogP contribution in [0.15, 0.2) is 77.7 Å². The third kappa shape index (κ3) is 4.64. The largest absolute Gasteiger partial charge is 0.348 e. The number of amides is 1. The van der Waals surface area contributed by atoms with E-state index in [4.69, 9.17) is 11.6 Å². The van der Waals surface area contributed by atoms with E-state index in [1.165, 1.54) is 29.8 Å². The van der Waals surface area contributed by atoms with Gasteiger partial charge in [0.25, 0.3) is 10.0 Å². The van der Waals surface area contributed by atoms with Crippen LogP contribution in [0.3, 0.4) is 0 Å². The molecule has 32 heavy (non-hydrogen) atoms. The Kier molecular flexibility index (Phi) is 6.48. The zero-order chi connectivity index (χ0) is 22.7. The molecule has 0 bridgehead atoms. The van der Waals surface area contributed by atoms with E-state index in [0.29, 0.717) is 0 Å². The van der Waals surface area contributed by atoms with Gasteiger partial charge in [-0.3, -0.25) is 9.10 Å². The van der Waals surface area contributed by atoms with Gasteiger partial charge in [0.05, 0.1) is 21.6 Å². The Morgan fingerprint density at radius 3 is 2.53 bits per heavy atom. The Hall–Kier alpha value is -2.90. The number of nitrogens with zero attached hydrogens (tertiary/aromatic N) is 1. The van der Waals surface area contributed by atoms with Crippen LogP contribution in [-0.2, 0) is 21.2 Å². The van der Waals surface area contributed by atoms with Gasteiger partial charge in [-0.05, 0) is 60.7 Å². The van der Waals surface area contributed by atoms with Crippen LogP contribution in [0.2, 0.25) is 5.02 Å². The summed E-state index contributed by atoms with van der Waals surface area (Å²) >= 11 is 5.91. The summed E-state index contributed by atoms with van der Waals surface area (Å²) in [5.41, 5.74) is 2.34. The number of fused-ring (bicyclic) bond motifs is 1. The van der Waals surface area contributed by atoms with Crippen molar-refractivity contribution in [2.24, 2.45) is 0 Å². The first kappa shape index (κ1) is 22.3. The molecule has 4 rings (SSSR count). The number of benzene rings is 3. The molecule has 1 aliphatic rings. The van der Waals surface area contributed by atoms with Gasteiger partial charge in [0.2, 0.25) is 5.91 Å². The lowest BCUT2D eigenvalue weighted by atomic mass is 9.88. The van der Waals surface area contributed by atoms with Crippen LogP contribution in [0, 0.1) is 5.82 Å². The Labute approximate surface area is 191 Å². The number of anilines is 1. The molecule has 5 nitrogen and oxygen atoms in total. The molecule has 0 fully saturated rings. The second-order valence-corrected chi connectivity index (χ2v) is 9.90. The summed E-state index contributed by atoms with van der Waals surface area (Å²) in [6.45, 7) is -0.460. The van der Waals surface area contributed by atoms with Gasteiger partial charge < -0.3 is 5.32 Å². The fourth-order valence-corrected chi connectivity index (χ4v) is 5.56. The fourth-order valence-electron chi connectivity index (χ4n) is 3.95. The van der Waals surface area contributed by atoms with Crippen LogP contribution < -0.4 is 9.62 Å². The molecule has 0 aliphatic heterocycles. The minimum atomic E-state index is -4.09. The fraction of sp³-hybridized carbons (Fsp3) is 0.208. The van der Waals surface area contributed by atoms with Crippen LogP contribution in [0.1, 0.15) is 30.0 Å². The standard InChI is InChI=1S/C24H22ClFN2O3S/c25-21-15-18(13-14-22(21)26)28(32(30,31)19-9-2-1-3-10-19)16-24(29)27-23-12-6-8-17-7-4-5-11-20(17)23/h1-5,7,9-11,13-15,23H,6,8,12,16H2,(H,27,29)/t23-/m1/s1. The highest BCUT2D eigenvalue weighted by atomic mass is 35.5. The van der Waals surface area contributed by atoms with Gasteiger partial charge in [-0.25, -0.2) is 12.8 Å². The van der Waals surface area contributed by atoms with E-state index in [0.717, 1.165) is 35.2 Å². The van der Waals surface area contributed by atoms with E-state index in [2.05, 4.69) is 5.32 Å². The highest BCUT2D eigenvalue weighted by molar-refractivity contribution is 7.92. The average Bonchev–Trinajstić information content (AvgIpc) is 2.80. The number of rotatable bonds is 6. The number of halogens is 2. The number of carbonyl (C=O) groups excluding carboxylic acids is 1. The summed E-state index contributed by atoms with van der Waals surface area (Å²) in [7, 11) is -4.09. The second kappa shape index (κ2) is 9.30. The predicted octanol–water partition coefficient (Wildman–Crippen LogP) is 4.87. The molecule has 0 saturated carbocycles. The lowest BCUT2D eigenvalue weighted by Gasteiger charge is -2.29. The molecule has 0 saturated heterocycles. The SMILES string of the molecule is O=C(CN(c1ccc(F)c(Cl)c1)S(=O)(=O)c1ccccc1)N[C@@H]1CCCc2ccccc21. The molecule has 3 aromatic carbocycles. The summed E-state index contributed by atoms with van der Waals surface area (Å²) in [6.07, 6.45) is 2.66. The molecular weight excluding hydrogens is 451 g/mol. The second-order valence-electron chi connectivity index (χ2n) is 7.63. The lowest BCUT2D eigenvalue weighted by Crippen LogP contribution is -2.42. The first-order valence-corrected chi connectivity index (χ1v) is 12.1. The Bertz CT molecular complexity index is 1240. The van der Waals surface area contributed by atoms with E-state index in [-0.39, 0.29) is 21.6 Å². The molecule has 8 heteroatoms. The van der Waals surface area contributed by atoms with Gasteiger partial charge in [-0.15, -0.1) is 0 Å². The van der Waals surface area contributed by atoms with E-state index >= 15 is 0 Å². The van der Waals surface area contributed by atoms with Crippen molar-refractivity contribution in [1.29, 1.82) is 0 Å². The van der Waals surface area contributed by atoms with Gasteiger partial charge in [0.15, 0.2) is 0 Å². The number of sulfonamides is 1. The first-order chi connectivity index (χ1) is 15.4. The van der Waals surface area contributed by atoms with Crippen LogP contribution in [0.25, 0.3) is 0 Å². The van der Waals surface area contributed by atoms with Crippen molar-refractivity contribution in [2.45, 2.75) is 30.2 Å². The monoisotopic (exact) mass is 472 g/mol. The molecule has 1 N–H and O–H groups in total. The van der Waals surface area contributed by atoms with E-state index in [1.54, 1.807) is 18.2 Å². The van der Waals surface area contributed by atoms with Crippen molar-refractivity contribution in [2.75, 3.05) is 10.8 Å². The van der Waals surface area contributed by atoms with Crippen molar-refractivity contribution in [3.05, 3.63) is 94.8 Å². The molecular formula is C24H22ClFN2O3S. The molecule has 1 amide bonds. The van der Waals surface area contributed by atoms with Crippen LogP contribution in [0.4, 0.5) is 10.1 Å². The molecule has 1 aliphatic carbocycles. The van der Waals surface area contributed by atoms with Crippen molar-refractivity contribution in [3.63, 3.8) is 0 Å². The van der Waals surface area contributed by atoms with Gasteiger partial charge in [-0.1, -0.05) is 54.1 Å². The topological polar surface area (TPSA) is 66.5 Å². The molecule has 166 valence electrons. The maximum atomic E-state index is 13.7. The number of hydrogen-bond acceptors (Lipinski definition) is 3. The maximum Gasteiger partial charge on any atom is 0.264 e. The number of nitrogens with one attached hydrogen (secondary N) is 1. The third-order valence-electron chi connectivity index (χ3n) is 5.51. The zero-order valence-corrected chi connectivity index (χ0v) is 18.7. The van der Waals surface area contributed by atoms with Gasteiger partial charge >= 0.3 is 0 Å². The quantitative estimate of drug-likeness (QED) is 0.556. The highest BCUT2D eigenvalue weighted by Gasteiger charge is 2.29. The molecule has 3 aromatic rings. The van der Waals surface area contributed by atoms with Crippen molar-refractivity contribution < 1.29 is 17.6 Å².